The lowest BCUT2D eigenvalue weighted by atomic mass is 9.75. The van der Waals surface area contributed by atoms with Crippen LogP contribution in [0.15, 0.2) is 16.5 Å². The molecule has 3 heteroatoms. The molecule has 3 nitrogen and oxygen atoms in total. The van der Waals surface area contributed by atoms with E-state index in [0.717, 1.165) is 17.9 Å². The minimum absolute atomic E-state index is 0.128. The van der Waals surface area contributed by atoms with Crippen LogP contribution < -0.4 is 0 Å². The maximum absolute atomic E-state index is 11.8. The highest BCUT2D eigenvalue weighted by molar-refractivity contribution is 5.86. The van der Waals surface area contributed by atoms with Gasteiger partial charge in [0.2, 0.25) is 0 Å². The monoisotopic (exact) mass is 192 g/mol. The summed E-state index contributed by atoms with van der Waals surface area (Å²) < 4.78 is 10.8. The van der Waals surface area contributed by atoms with Crippen molar-refractivity contribution in [2.24, 2.45) is 0 Å². The fourth-order valence-electron chi connectivity index (χ4n) is 2.62. The third-order valence-electron chi connectivity index (χ3n) is 3.10. The Morgan fingerprint density at radius 3 is 2.57 bits per heavy atom. The standard InChI is InChI=1S/C11H12O3/c1-10(2)6-11(9(12)14-10)5-7-3-4-8(11)13-7/h3-4H,5-6H2,1-2H3. The topological polar surface area (TPSA) is 39.4 Å². The molecular formula is C11H12O3. The second-order valence-electron chi connectivity index (χ2n) is 4.85. The lowest BCUT2D eigenvalue weighted by Gasteiger charge is -2.18. The van der Waals surface area contributed by atoms with Gasteiger partial charge < -0.3 is 9.15 Å². The second kappa shape index (κ2) is 2.05. The molecule has 0 aliphatic carbocycles. The first-order valence-electron chi connectivity index (χ1n) is 4.85. The highest BCUT2D eigenvalue weighted by atomic mass is 16.6. The van der Waals surface area contributed by atoms with Gasteiger partial charge in [0.05, 0.1) is 0 Å². The van der Waals surface area contributed by atoms with E-state index in [9.17, 15) is 4.79 Å². The summed E-state index contributed by atoms with van der Waals surface area (Å²) in [5.74, 6) is 1.55. The maximum atomic E-state index is 11.8. The molecule has 1 aromatic rings. The summed E-state index contributed by atoms with van der Waals surface area (Å²) in [5.41, 5.74) is -0.847. The van der Waals surface area contributed by atoms with E-state index < -0.39 is 5.41 Å². The molecule has 0 radical (unpaired) electrons. The minimum Gasteiger partial charge on any atom is -0.465 e. The molecular weight excluding hydrogens is 180 g/mol. The van der Waals surface area contributed by atoms with Crippen LogP contribution in [0.25, 0.3) is 0 Å². The third kappa shape index (κ3) is 0.800. The lowest BCUT2D eigenvalue weighted by molar-refractivity contribution is -0.149. The Labute approximate surface area is 82.0 Å². The van der Waals surface area contributed by atoms with Crippen molar-refractivity contribution < 1.29 is 13.9 Å². The van der Waals surface area contributed by atoms with Crippen molar-refractivity contribution in [3.05, 3.63) is 23.7 Å². The predicted octanol–water partition coefficient (Wildman–Crippen LogP) is 1.80. The molecule has 1 spiro atoms. The number of ether oxygens (including phenoxy) is 1. The number of hydrogen-bond acceptors (Lipinski definition) is 3. The number of furan rings is 1. The largest absolute Gasteiger partial charge is 0.465 e. The zero-order valence-corrected chi connectivity index (χ0v) is 8.29. The van der Waals surface area contributed by atoms with Gasteiger partial charge >= 0.3 is 5.97 Å². The summed E-state index contributed by atoms with van der Waals surface area (Å²) in [7, 11) is 0. The molecule has 3 heterocycles. The minimum atomic E-state index is -0.492. The van der Waals surface area contributed by atoms with Crippen LogP contribution in [-0.4, -0.2) is 11.6 Å². The summed E-state index contributed by atoms with van der Waals surface area (Å²) >= 11 is 0. The van der Waals surface area contributed by atoms with E-state index in [0.29, 0.717) is 6.42 Å². The van der Waals surface area contributed by atoms with Gasteiger partial charge in [-0.05, 0) is 26.0 Å². The highest BCUT2D eigenvalue weighted by Gasteiger charge is 2.58. The lowest BCUT2D eigenvalue weighted by Crippen LogP contribution is -2.32. The number of carbonyl (C=O) groups excluding carboxylic acids is 1. The molecule has 2 aliphatic rings. The normalized spacial score (nSPS) is 32.6. The Balaban J connectivity index is 2.08. The van der Waals surface area contributed by atoms with E-state index in [2.05, 4.69) is 0 Å². The average Bonchev–Trinajstić information content (AvgIpc) is 2.65. The van der Waals surface area contributed by atoms with Gasteiger partial charge in [0.15, 0.2) is 0 Å². The number of esters is 1. The molecule has 1 saturated heterocycles. The number of carbonyl (C=O) groups is 1. The van der Waals surface area contributed by atoms with Crippen molar-refractivity contribution in [1.29, 1.82) is 0 Å². The summed E-state index contributed by atoms with van der Waals surface area (Å²) in [6.45, 7) is 3.89. The first-order valence-corrected chi connectivity index (χ1v) is 4.85. The van der Waals surface area contributed by atoms with Gasteiger partial charge in [0, 0.05) is 12.8 Å². The Bertz CT molecular complexity index is 416. The summed E-state index contributed by atoms with van der Waals surface area (Å²) in [6.07, 6.45) is 1.41. The molecule has 3 rings (SSSR count). The maximum Gasteiger partial charge on any atom is 0.320 e. The average molecular weight is 192 g/mol. The molecule has 74 valence electrons. The number of fused-ring (bicyclic) bond motifs is 3. The Morgan fingerprint density at radius 2 is 2.14 bits per heavy atom. The van der Waals surface area contributed by atoms with E-state index in [4.69, 9.17) is 9.15 Å². The van der Waals surface area contributed by atoms with Crippen LogP contribution in [-0.2, 0) is 21.4 Å². The van der Waals surface area contributed by atoms with Crippen LogP contribution in [0.4, 0.5) is 0 Å². The van der Waals surface area contributed by atoms with Gasteiger partial charge in [-0.3, -0.25) is 4.79 Å². The van der Waals surface area contributed by atoms with Crippen LogP contribution in [0.1, 0.15) is 31.8 Å². The van der Waals surface area contributed by atoms with Crippen molar-refractivity contribution in [2.45, 2.75) is 37.7 Å². The van der Waals surface area contributed by atoms with Gasteiger partial charge in [-0.1, -0.05) is 0 Å². The highest BCUT2D eigenvalue weighted by Crippen LogP contribution is 2.49. The van der Waals surface area contributed by atoms with E-state index in [1.54, 1.807) is 0 Å². The van der Waals surface area contributed by atoms with Crippen LogP contribution in [0.5, 0.6) is 0 Å². The summed E-state index contributed by atoms with van der Waals surface area (Å²) in [5, 5.41) is 0. The number of rotatable bonds is 0. The Kier molecular flexibility index (Phi) is 1.18. The van der Waals surface area contributed by atoms with E-state index in [1.807, 2.05) is 26.0 Å². The molecule has 1 fully saturated rings. The first-order chi connectivity index (χ1) is 6.52. The molecule has 0 aromatic carbocycles. The first kappa shape index (κ1) is 8.09. The van der Waals surface area contributed by atoms with Gasteiger partial charge in [0.1, 0.15) is 22.5 Å². The molecule has 1 unspecified atom stereocenters. The molecule has 1 aromatic heterocycles. The van der Waals surface area contributed by atoms with Crippen molar-refractivity contribution in [2.75, 3.05) is 0 Å². The molecule has 2 bridgehead atoms. The fraction of sp³-hybridized carbons (Fsp3) is 0.545. The predicted molar refractivity (Wildman–Crippen MR) is 48.9 cm³/mol. The van der Waals surface area contributed by atoms with Gasteiger partial charge in [-0.2, -0.15) is 0 Å². The van der Waals surface area contributed by atoms with Crippen molar-refractivity contribution in [3.63, 3.8) is 0 Å². The van der Waals surface area contributed by atoms with E-state index >= 15 is 0 Å². The van der Waals surface area contributed by atoms with Gasteiger partial charge in [-0.25, -0.2) is 0 Å². The molecule has 0 saturated carbocycles. The zero-order valence-electron chi connectivity index (χ0n) is 8.29. The second-order valence-corrected chi connectivity index (χ2v) is 4.85. The fourth-order valence-corrected chi connectivity index (χ4v) is 2.62. The molecule has 2 aliphatic heterocycles. The van der Waals surface area contributed by atoms with Gasteiger partial charge in [-0.15, -0.1) is 0 Å². The summed E-state index contributed by atoms with van der Waals surface area (Å²) in [6, 6.07) is 3.82. The molecule has 1 atom stereocenters. The van der Waals surface area contributed by atoms with Crippen LogP contribution >= 0.6 is 0 Å². The number of hydrogen-bond donors (Lipinski definition) is 0. The summed E-state index contributed by atoms with van der Waals surface area (Å²) in [4.78, 5) is 11.8. The molecule has 0 amide bonds. The van der Waals surface area contributed by atoms with Gasteiger partial charge in [0.25, 0.3) is 0 Å². The zero-order chi connectivity index (χ0) is 9.97. The van der Waals surface area contributed by atoms with Crippen LogP contribution in [0.2, 0.25) is 0 Å². The smallest absolute Gasteiger partial charge is 0.320 e. The van der Waals surface area contributed by atoms with E-state index in [-0.39, 0.29) is 11.6 Å². The van der Waals surface area contributed by atoms with Crippen molar-refractivity contribution in [3.8, 4) is 0 Å². The van der Waals surface area contributed by atoms with Crippen LogP contribution in [0.3, 0.4) is 0 Å². The molecule has 0 N–H and O–H groups in total. The SMILES string of the molecule is CC1(C)CC2(Cc3ccc2o3)C(=O)O1. The van der Waals surface area contributed by atoms with Crippen molar-refractivity contribution >= 4 is 5.97 Å². The van der Waals surface area contributed by atoms with Crippen LogP contribution in [0, 0.1) is 0 Å². The molecule has 14 heavy (non-hydrogen) atoms. The Hall–Kier alpha value is -1.25. The van der Waals surface area contributed by atoms with E-state index in [1.165, 1.54) is 0 Å². The number of cyclic esters (lactones) is 1. The Morgan fingerprint density at radius 1 is 1.36 bits per heavy atom. The van der Waals surface area contributed by atoms with Crippen molar-refractivity contribution in [1.82, 2.24) is 0 Å². The third-order valence-corrected chi connectivity index (χ3v) is 3.10. The quantitative estimate of drug-likeness (QED) is 0.588.